The van der Waals surface area contributed by atoms with E-state index in [0.717, 1.165) is 81.1 Å². The Hall–Kier alpha value is -2.12. The van der Waals surface area contributed by atoms with Crippen LogP contribution in [0.15, 0.2) is 10.6 Å². The van der Waals surface area contributed by atoms with E-state index in [1.54, 1.807) is 0 Å². The van der Waals surface area contributed by atoms with Crippen molar-refractivity contribution in [2.24, 2.45) is 5.92 Å². The van der Waals surface area contributed by atoms with Crippen molar-refractivity contribution < 1.29 is 18.7 Å². The van der Waals surface area contributed by atoms with E-state index in [2.05, 4.69) is 11.5 Å². The SMILES string of the molecule is Cc1c(C(=O)NC[C@@H]2CCCO2)oc2c1-c1nn(C[C@H]3CCOC3)cc1CC2. The molecule has 1 N–H and O–H groups in total. The second kappa shape index (κ2) is 7.37. The number of ether oxygens (including phenoxy) is 2. The van der Waals surface area contributed by atoms with Crippen LogP contribution in [0.1, 0.15) is 46.7 Å². The number of rotatable bonds is 5. The van der Waals surface area contributed by atoms with Crippen LogP contribution in [0.25, 0.3) is 11.3 Å². The second-order valence-electron chi connectivity index (χ2n) is 8.15. The van der Waals surface area contributed by atoms with Gasteiger partial charge in [0.05, 0.1) is 18.4 Å². The third kappa shape index (κ3) is 3.26. The van der Waals surface area contributed by atoms with E-state index in [1.165, 1.54) is 5.56 Å². The number of carbonyl (C=O) groups excluding carboxylic acids is 1. The smallest absolute Gasteiger partial charge is 0.287 e. The first kappa shape index (κ1) is 17.9. The Bertz CT molecular complexity index is 873. The van der Waals surface area contributed by atoms with Gasteiger partial charge in [0.1, 0.15) is 5.76 Å². The highest BCUT2D eigenvalue weighted by Gasteiger charge is 2.30. The van der Waals surface area contributed by atoms with Crippen LogP contribution in [0, 0.1) is 12.8 Å². The van der Waals surface area contributed by atoms with Crippen LogP contribution in [-0.2, 0) is 28.9 Å². The van der Waals surface area contributed by atoms with E-state index in [-0.39, 0.29) is 12.0 Å². The molecule has 1 aliphatic carbocycles. The van der Waals surface area contributed by atoms with E-state index >= 15 is 0 Å². The minimum absolute atomic E-state index is 0.121. The Kier molecular flexibility index (Phi) is 4.72. The highest BCUT2D eigenvalue weighted by Crippen LogP contribution is 2.38. The van der Waals surface area contributed by atoms with E-state index < -0.39 is 0 Å². The number of nitrogens with one attached hydrogen (secondary N) is 1. The molecule has 2 aromatic heterocycles. The number of furan rings is 1. The number of aromatic nitrogens is 2. The lowest BCUT2D eigenvalue weighted by molar-refractivity contribution is 0.0833. The second-order valence-corrected chi connectivity index (χ2v) is 8.15. The molecule has 3 aliphatic rings. The molecule has 4 heterocycles. The van der Waals surface area contributed by atoms with Gasteiger partial charge < -0.3 is 19.2 Å². The first-order chi connectivity index (χ1) is 13.7. The normalized spacial score (nSPS) is 23.6. The van der Waals surface area contributed by atoms with Crippen molar-refractivity contribution in [1.29, 1.82) is 0 Å². The molecule has 2 saturated heterocycles. The van der Waals surface area contributed by atoms with E-state index in [0.29, 0.717) is 18.2 Å². The molecule has 0 spiro atoms. The predicted molar refractivity (Wildman–Crippen MR) is 102 cm³/mol. The molecule has 0 aromatic carbocycles. The topological polar surface area (TPSA) is 78.5 Å². The lowest BCUT2D eigenvalue weighted by atomic mass is 9.93. The minimum atomic E-state index is -0.161. The molecule has 1 amide bonds. The van der Waals surface area contributed by atoms with Crippen molar-refractivity contribution >= 4 is 5.91 Å². The average Bonchev–Trinajstić information content (AvgIpc) is 3.47. The molecule has 2 fully saturated rings. The summed E-state index contributed by atoms with van der Waals surface area (Å²) >= 11 is 0. The van der Waals surface area contributed by atoms with Crippen molar-refractivity contribution in [3.05, 3.63) is 28.8 Å². The van der Waals surface area contributed by atoms with Gasteiger partial charge in [-0.15, -0.1) is 0 Å². The third-order valence-corrected chi connectivity index (χ3v) is 6.11. The molecular formula is C21H27N3O4. The number of aryl methyl sites for hydroxylation is 2. The number of hydrogen-bond donors (Lipinski definition) is 1. The minimum Gasteiger partial charge on any atom is -0.455 e. The molecule has 5 rings (SSSR count). The summed E-state index contributed by atoms with van der Waals surface area (Å²) in [4.78, 5) is 12.7. The summed E-state index contributed by atoms with van der Waals surface area (Å²) in [6.07, 6.45) is 7.13. The van der Waals surface area contributed by atoms with E-state index in [1.807, 2.05) is 11.6 Å². The fourth-order valence-electron chi connectivity index (χ4n) is 4.56. The number of hydrogen-bond acceptors (Lipinski definition) is 5. The maximum atomic E-state index is 12.7. The van der Waals surface area contributed by atoms with Gasteiger partial charge in [-0.2, -0.15) is 5.10 Å². The van der Waals surface area contributed by atoms with Gasteiger partial charge in [-0.25, -0.2) is 0 Å². The van der Waals surface area contributed by atoms with Gasteiger partial charge in [-0.3, -0.25) is 9.48 Å². The molecule has 150 valence electrons. The highest BCUT2D eigenvalue weighted by atomic mass is 16.5. The van der Waals surface area contributed by atoms with Gasteiger partial charge in [0.2, 0.25) is 0 Å². The zero-order valence-corrected chi connectivity index (χ0v) is 16.3. The van der Waals surface area contributed by atoms with Crippen LogP contribution in [0.2, 0.25) is 0 Å². The molecule has 0 unspecified atom stereocenters. The van der Waals surface area contributed by atoms with Crippen molar-refractivity contribution in [3.63, 3.8) is 0 Å². The first-order valence-electron chi connectivity index (χ1n) is 10.4. The summed E-state index contributed by atoms with van der Waals surface area (Å²) in [6, 6.07) is 0. The van der Waals surface area contributed by atoms with E-state index in [4.69, 9.17) is 19.0 Å². The number of amides is 1. The summed E-state index contributed by atoms with van der Waals surface area (Å²) in [6.45, 7) is 5.83. The van der Waals surface area contributed by atoms with Crippen LogP contribution in [-0.4, -0.2) is 48.2 Å². The number of fused-ring (bicyclic) bond motifs is 3. The zero-order chi connectivity index (χ0) is 19.1. The molecule has 0 bridgehead atoms. The monoisotopic (exact) mass is 385 g/mol. The van der Waals surface area contributed by atoms with Crippen LogP contribution < -0.4 is 5.32 Å². The highest BCUT2D eigenvalue weighted by molar-refractivity contribution is 5.95. The molecule has 2 aromatic rings. The lowest BCUT2D eigenvalue weighted by Crippen LogP contribution is -2.31. The molecular weight excluding hydrogens is 358 g/mol. The average molecular weight is 385 g/mol. The van der Waals surface area contributed by atoms with Gasteiger partial charge >= 0.3 is 0 Å². The van der Waals surface area contributed by atoms with E-state index in [9.17, 15) is 4.79 Å². The fraction of sp³-hybridized carbons (Fsp3) is 0.619. The lowest BCUT2D eigenvalue weighted by Gasteiger charge is -2.10. The molecule has 0 saturated carbocycles. The maximum absolute atomic E-state index is 12.7. The van der Waals surface area contributed by atoms with Crippen molar-refractivity contribution in [3.8, 4) is 11.3 Å². The Morgan fingerprint density at radius 3 is 3.04 bits per heavy atom. The van der Waals surface area contributed by atoms with Gasteiger partial charge in [0, 0.05) is 56.0 Å². The molecule has 0 radical (unpaired) electrons. The number of nitrogens with zero attached hydrogens (tertiary/aromatic N) is 2. The van der Waals surface area contributed by atoms with Crippen LogP contribution in [0.5, 0.6) is 0 Å². The third-order valence-electron chi connectivity index (χ3n) is 6.11. The largest absolute Gasteiger partial charge is 0.455 e. The Morgan fingerprint density at radius 1 is 1.32 bits per heavy atom. The molecule has 7 heteroatoms. The first-order valence-corrected chi connectivity index (χ1v) is 10.4. The summed E-state index contributed by atoms with van der Waals surface area (Å²) in [5.74, 6) is 1.66. The number of carbonyl (C=O) groups is 1. The molecule has 7 nitrogen and oxygen atoms in total. The standard InChI is InChI=1S/C21H27N3O4/c1-13-18-17(28-20(13)21(25)22-9-16-3-2-7-27-16)5-4-15-11-24(23-19(15)18)10-14-6-8-26-12-14/h11,14,16H,2-10,12H2,1H3,(H,22,25)/t14-,16+/m1/s1. The predicted octanol–water partition coefficient (Wildman–Crippen LogP) is 2.50. The summed E-state index contributed by atoms with van der Waals surface area (Å²) in [5, 5.41) is 7.82. The zero-order valence-electron chi connectivity index (χ0n) is 16.3. The van der Waals surface area contributed by atoms with Crippen LogP contribution in [0.3, 0.4) is 0 Å². The van der Waals surface area contributed by atoms with Crippen molar-refractivity contribution in [1.82, 2.24) is 15.1 Å². The summed E-state index contributed by atoms with van der Waals surface area (Å²) in [5.41, 5.74) is 4.10. The quantitative estimate of drug-likeness (QED) is 0.856. The molecule has 2 atom stereocenters. The van der Waals surface area contributed by atoms with Gasteiger partial charge in [-0.1, -0.05) is 0 Å². The fourth-order valence-corrected chi connectivity index (χ4v) is 4.56. The van der Waals surface area contributed by atoms with Gasteiger partial charge in [-0.05, 0) is 38.2 Å². The molecule has 28 heavy (non-hydrogen) atoms. The van der Waals surface area contributed by atoms with Crippen LogP contribution >= 0.6 is 0 Å². The van der Waals surface area contributed by atoms with Gasteiger partial charge in [0.25, 0.3) is 5.91 Å². The van der Waals surface area contributed by atoms with Crippen molar-refractivity contribution in [2.45, 2.75) is 51.7 Å². The Morgan fingerprint density at radius 2 is 2.25 bits per heavy atom. The molecule has 2 aliphatic heterocycles. The van der Waals surface area contributed by atoms with Crippen LogP contribution in [0.4, 0.5) is 0 Å². The summed E-state index contributed by atoms with van der Waals surface area (Å²) < 4.78 is 19.1. The maximum Gasteiger partial charge on any atom is 0.287 e. The Labute approximate surface area is 164 Å². The summed E-state index contributed by atoms with van der Waals surface area (Å²) in [7, 11) is 0. The van der Waals surface area contributed by atoms with Crippen molar-refractivity contribution in [2.75, 3.05) is 26.4 Å². The van der Waals surface area contributed by atoms with Gasteiger partial charge in [0.15, 0.2) is 5.76 Å². The Balaban J connectivity index is 1.36.